The smallest absolute Gasteiger partial charge is 0.295 e. The van der Waals surface area contributed by atoms with Gasteiger partial charge >= 0.3 is 6.18 Å². The fourth-order valence-corrected chi connectivity index (χ4v) is 4.88. The predicted molar refractivity (Wildman–Crippen MR) is 104 cm³/mol. The Morgan fingerprint density at radius 2 is 1.77 bits per heavy atom. The maximum absolute atomic E-state index is 12.9. The normalized spacial score (nSPS) is 19.8. The summed E-state index contributed by atoms with van der Waals surface area (Å²) >= 11 is 0. The summed E-state index contributed by atoms with van der Waals surface area (Å²) in [5.74, 6) is -0.654. The van der Waals surface area contributed by atoms with Gasteiger partial charge in [0.2, 0.25) is 11.8 Å². The largest absolute Gasteiger partial charge is 0.416 e. The van der Waals surface area contributed by atoms with Crippen LogP contribution in [0.5, 0.6) is 0 Å². The third kappa shape index (κ3) is 4.42. The Kier molecular flexibility index (Phi) is 5.26. The highest BCUT2D eigenvalue weighted by molar-refractivity contribution is 7.92. The van der Waals surface area contributed by atoms with Gasteiger partial charge in [0, 0.05) is 25.2 Å². The molecule has 2 aliphatic heterocycles. The molecule has 7 nitrogen and oxygen atoms in total. The Morgan fingerprint density at radius 3 is 2.48 bits per heavy atom. The van der Waals surface area contributed by atoms with Gasteiger partial charge < -0.3 is 0 Å². The first-order valence-corrected chi connectivity index (χ1v) is 10.9. The van der Waals surface area contributed by atoms with Crippen LogP contribution in [0, 0.1) is 0 Å². The van der Waals surface area contributed by atoms with E-state index in [0.717, 1.165) is 29.3 Å². The first kappa shape index (κ1) is 21.3. The molecule has 2 aromatic rings. The van der Waals surface area contributed by atoms with E-state index in [4.69, 9.17) is 0 Å². The molecule has 0 spiro atoms. The lowest BCUT2D eigenvalue weighted by atomic mass is 10.0. The van der Waals surface area contributed by atoms with Crippen molar-refractivity contribution in [2.75, 3.05) is 4.72 Å². The van der Waals surface area contributed by atoms with Gasteiger partial charge in [-0.2, -0.15) is 13.2 Å². The van der Waals surface area contributed by atoms with Crippen LogP contribution in [0.2, 0.25) is 0 Å². The lowest BCUT2D eigenvalue weighted by molar-refractivity contribution is -0.138. The molecular formula is C20H18F3N3O4S. The van der Waals surface area contributed by atoms with Crippen molar-refractivity contribution >= 4 is 27.5 Å². The average molecular weight is 453 g/mol. The number of hydrogen-bond acceptors (Lipinski definition) is 5. The second kappa shape index (κ2) is 7.65. The number of alkyl halides is 3. The molecule has 31 heavy (non-hydrogen) atoms. The number of hydrogen-bond donors (Lipinski definition) is 2. The molecule has 0 radical (unpaired) electrons. The average Bonchev–Trinajstić information content (AvgIpc) is 3.10. The number of sulfonamides is 1. The fraction of sp³-hybridized carbons (Fsp3) is 0.300. The summed E-state index contributed by atoms with van der Waals surface area (Å²) in [7, 11) is -4.23. The van der Waals surface area contributed by atoms with Gasteiger partial charge in [0.05, 0.1) is 16.5 Å². The molecule has 11 heteroatoms. The van der Waals surface area contributed by atoms with E-state index >= 15 is 0 Å². The molecule has 0 bridgehead atoms. The lowest BCUT2D eigenvalue weighted by Gasteiger charge is -2.29. The third-order valence-electron chi connectivity index (χ3n) is 5.33. The molecule has 2 N–H and O–H groups in total. The second-order valence-electron chi connectivity index (χ2n) is 7.49. The molecule has 4 rings (SSSR count). The van der Waals surface area contributed by atoms with Gasteiger partial charge in [0.15, 0.2) is 0 Å². The molecule has 2 amide bonds. The Labute approximate surface area is 176 Å². The molecule has 2 heterocycles. The molecule has 0 aliphatic carbocycles. The third-order valence-corrected chi connectivity index (χ3v) is 6.71. The van der Waals surface area contributed by atoms with Gasteiger partial charge in [-0.1, -0.05) is 12.1 Å². The number of fused-ring (bicyclic) bond motifs is 1. The molecule has 1 fully saturated rings. The minimum absolute atomic E-state index is 0.210. The number of nitrogens with zero attached hydrogens (tertiary/aromatic N) is 1. The zero-order valence-electron chi connectivity index (χ0n) is 16.1. The molecule has 1 unspecified atom stereocenters. The molecule has 2 aliphatic rings. The van der Waals surface area contributed by atoms with Crippen molar-refractivity contribution in [1.82, 2.24) is 10.2 Å². The zero-order chi connectivity index (χ0) is 22.4. The fourth-order valence-electron chi connectivity index (χ4n) is 3.79. The number of carbonyl (C=O) groups excluding carboxylic acids is 2. The summed E-state index contributed by atoms with van der Waals surface area (Å²) in [4.78, 5) is 24.9. The summed E-state index contributed by atoms with van der Waals surface area (Å²) in [6.45, 7) is 0.864. The van der Waals surface area contributed by atoms with Gasteiger partial charge in [-0.15, -0.1) is 0 Å². The summed E-state index contributed by atoms with van der Waals surface area (Å²) in [6.07, 6.45) is -3.99. The van der Waals surface area contributed by atoms with Crippen molar-refractivity contribution in [3.05, 3.63) is 59.2 Å². The number of anilines is 1. The summed E-state index contributed by atoms with van der Waals surface area (Å²) in [5.41, 5.74) is 0.867. The highest BCUT2D eigenvalue weighted by atomic mass is 32.2. The number of imide groups is 1. The van der Waals surface area contributed by atoms with Crippen LogP contribution < -0.4 is 10.0 Å². The van der Waals surface area contributed by atoms with Crippen molar-refractivity contribution in [3.8, 4) is 0 Å². The van der Waals surface area contributed by atoms with Gasteiger partial charge in [-0.05, 0) is 47.9 Å². The van der Waals surface area contributed by atoms with E-state index in [1.807, 2.05) is 4.90 Å². The summed E-state index contributed by atoms with van der Waals surface area (Å²) < 4.78 is 66.2. The first-order chi connectivity index (χ1) is 14.5. The van der Waals surface area contributed by atoms with Crippen LogP contribution in [0.4, 0.5) is 18.9 Å². The Hall–Kier alpha value is -2.92. The number of nitrogens with one attached hydrogen (secondary N) is 2. The summed E-state index contributed by atoms with van der Waals surface area (Å²) in [6, 6.07) is 7.91. The van der Waals surface area contributed by atoms with E-state index in [9.17, 15) is 31.2 Å². The van der Waals surface area contributed by atoms with E-state index in [1.165, 1.54) is 6.07 Å². The van der Waals surface area contributed by atoms with Gasteiger partial charge in [0.1, 0.15) is 0 Å². The van der Waals surface area contributed by atoms with Crippen LogP contribution in [0.25, 0.3) is 0 Å². The Bertz CT molecular complexity index is 1160. The van der Waals surface area contributed by atoms with Crippen molar-refractivity contribution in [2.45, 2.75) is 43.0 Å². The number of benzene rings is 2. The van der Waals surface area contributed by atoms with E-state index in [2.05, 4.69) is 10.0 Å². The van der Waals surface area contributed by atoms with Crippen LogP contribution in [-0.4, -0.2) is 31.2 Å². The van der Waals surface area contributed by atoms with Gasteiger partial charge in [-0.25, -0.2) is 8.42 Å². The van der Waals surface area contributed by atoms with Crippen LogP contribution in [-0.2, 0) is 38.9 Å². The zero-order valence-corrected chi connectivity index (χ0v) is 16.9. The standard InChI is InChI=1S/C20H18F3N3O4S/c21-20(22,23)14-2-1-3-16(9-14)31(29,30)25-15-5-4-12-10-26(11-13(12)8-15)17-6-7-18(27)24-19(17)28/h1-5,8-9,17,25H,6-7,10-11H2,(H,24,27,28). The quantitative estimate of drug-likeness (QED) is 0.694. The molecule has 164 valence electrons. The van der Waals surface area contributed by atoms with Crippen LogP contribution in [0.3, 0.4) is 0 Å². The molecule has 2 aromatic carbocycles. The number of halogens is 3. The highest BCUT2D eigenvalue weighted by Crippen LogP contribution is 2.32. The van der Waals surface area contributed by atoms with E-state index < -0.39 is 32.7 Å². The van der Waals surface area contributed by atoms with E-state index in [-0.39, 0.29) is 23.9 Å². The number of rotatable bonds is 4. The molecule has 0 aromatic heterocycles. The second-order valence-corrected chi connectivity index (χ2v) is 9.17. The van der Waals surface area contributed by atoms with Crippen LogP contribution >= 0.6 is 0 Å². The SMILES string of the molecule is O=C1CCC(N2Cc3ccc(NS(=O)(=O)c4cccc(C(F)(F)F)c4)cc3C2)C(=O)N1. The van der Waals surface area contributed by atoms with E-state index in [0.29, 0.717) is 25.6 Å². The monoisotopic (exact) mass is 453 g/mol. The first-order valence-electron chi connectivity index (χ1n) is 9.42. The minimum Gasteiger partial charge on any atom is -0.295 e. The van der Waals surface area contributed by atoms with E-state index in [1.54, 1.807) is 12.1 Å². The maximum Gasteiger partial charge on any atom is 0.416 e. The summed E-state index contributed by atoms with van der Waals surface area (Å²) in [5, 5.41) is 2.32. The van der Waals surface area contributed by atoms with Crippen molar-refractivity contribution in [2.24, 2.45) is 0 Å². The van der Waals surface area contributed by atoms with Crippen molar-refractivity contribution < 1.29 is 31.2 Å². The van der Waals surface area contributed by atoms with Gasteiger partial charge in [-0.3, -0.25) is 24.5 Å². The number of piperidine rings is 1. The van der Waals surface area contributed by atoms with Gasteiger partial charge in [0.25, 0.3) is 10.0 Å². The Morgan fingerprint density at radius 1 is 1.03 bits per heavy atom. The predicted octanol–water partition coefficient (Wildman–Crippen LogP) is 2.63. The van der Waals surface area contributed by atoms with Crippen molar-refractivity contribution in [3.63, 3.8) is 0 Å². The van der Waals surface area contributed by atoms with Crippen LogP contribution in [0.15, 0.2) is 47.4 Å². The minimum atomic E-state index is -4.65. The topological polar surface area (TPSA) is 95.6 Å². The van der Waals surface area contributed by atoms with Crippen molar-refractivity contribution in [1.29, 1.82) is 0 Å². The lowest BCUT2D eigenvalue weighted by Crippen LogP contribution is -2.50. The molecular weight excluding hydrogens is 435 g/mol. The number of carbonyl (C=O) groups is 2. The molecule has 0 saturated carbocycles. The molecule has 1 atom stereocenters. The molecule has 1 saturated heterocycles. The highest BCUT2D eigenvalue weighted by Gasteiger charge is 2.35. The maximum atomic E-state index is 12.9. The number of amides is 2. The Balaban J connectivity index is 1.51. The van der Waals surface area contributed by atoms with Crippen LogP contribution in [0.1, 0.15) is 29.5 Å².